The minimum Gasteiger partial charge on any atom is -0.410 e. The molecule has 0 unspecified atom stereocenters. The van der Waals surface area contributed by atoms with Gasteiger partial charge in [0.1, 0.15) is 0 Å². The number of para-hydroxylation sites is 1. The second kappa shape index (κ2) is 8.23. The highest BCUT2D eigenvalue weighted by atomic mass is 16.4. The van der Waals surface area contributed by atoms with Crippen LogP contribution in [0.1, 0.15) is 17.3 Å². The maximum absolute atomic E-state index is 12.1. The minimum atomic E-state index is -0.640. The van der Waals surface area contributed by atoms with Crippen molar-refractivity contribution in [2.24, 2.45) is 10.3 Å². The molecular weight excluding hydrogens is 308 g/mol. The first kappa shape index (κ1) is 16.9. The maximum atomic E-state index is 12.1. The fourth-order valence-electron chi connectivity index (χ4n) is 1.84. The predicted molar refractivity (Wildman–Crippen MR) is 91.3 cm³/mol. The molecule has 0 fully saturated rings. The lowest BCUT2D eigenvalue weighted by molar-refractivity contribution is -0.110. The molecule has 7 heteroatoms. The molecule has 0 aromatic heterocycles. The van der Waals surface area contributed by atoms with E-state index < -0.39 is 11.8 Å². The van der Waals surface area contributed by atoms with Crippen LogP contribution >= 0.6 is 0 Å². The molecule has 2 aromatic rings. The van der Waals surface area contributed by atoms with E-state index >= 15 is 0 Å². The first-order valence-electron chi connectivity index (χ1n) is 7.10. The van der Waals surface area contributed by atoms with Crippen molar-refractivity contribution in [3.8, 4) is 0 Å². The highest BCUT2D eigenvalue weighted by Crippen LogP contribution is 2.05. The number of anilines is 1. The van der Waals surface area contributed by atoms with Gasteiger partial charge >= 0.3 is 0 Å². The molecule has 0 heterocycles. The molecular formula is C17H16N4O3. The molecule has 0 aliphatic carbocycles. The van der Waals surface area contributed by atoms with Crippen LogP contribution in [-0.4, -0.2) is 28.4 Å². The molecule has 2 amide bonds. The molecule has 24 heavy (non-hydrogen) atoms. The van der Waals surface area contributed by atoms with E-state index in [1.807, 2.05) is 6.07 Å². The van der Waals surface area contributed by atoms with Crippen LogP contribution in [0.25, 0.3) is 0 Å². The number of amides is 2. The number of carbonyl (C=O) groups excluding carboxylic acids is 2. The largest absolute Gasteiger partial charge is 0.410 e. The Morgan fingerprint density at radius 3 is 2.12 bits per heavy atom. The first-order chi connectivity index (χ1) is 11.6. The van der Waals surface area contributed by atoms with Crippen LogP contribution in [0.5, 0.6) is 0 Å². The monoisotopic (exact) mass is 324 g/mol. The topological polar surface area (TPSA) is 103 Å². The van der Waals surface area contributed by atoms with Crippen LogP contribution in [0.15, 0.2) is 70.9 Å². The molecule has 7 nitrogen and oxygen atoms in total. The van der Waals surface area contributed by atoms with E-state index in [4.69, 9.17) is 5.21 Å². The van der Waals surface area contributed by atoms with Crippen molar-refractivity contribution in [3.63, 3.8) is 0 Å². The highest BCUT2D eigenvalue weighted by Gasteiger charge is 2.16. The van der Waals surface area contributed by atoms with E-state index in [1.165, 1.54) is 6.92 Å². The van der Waals surface area contributed by atoms with E-state index in [0.717, 1.165) is 0 Å². The third-order valence-electron chi connectivity index (χ3n) is 3.05. The van der Waals surface area contributed by atoms with E-state index in [-0.39, 0.29) is 11.4 Å². The van der Waals surface area contributed by atoms with Crippen molar-refractivity contribution < 1.29 is 14.8 Å². The summed E-state index contributed by atoms with van der Waals surface area (Å²) in [6.45, 7) is 1.45. The Morgan fingerprint density at radius 2 is 1.54 bits per heavy atom. The van der Waals surface area contributed by atoms with Crippen LogP contribution in [0.2, 0.25) is 0 Å². The summed E-state index contributed by atoms with van der Waals surface area (Å²) in [6.07, 6.45) is 0. The zero-order chi connectivity index (χ0) is 17.4. The summed E-state index contributed by atoms with van der Waals surface area (Å²) < 4.78 is 0. The smallest absolute Gasteiger partial charge is 0.279 e. The Bertz CT molecular complexity index is 771. The van der Waals surface area contributed by atoms with Gasteiger partial charge in [0.2, 0.25) is 0 Å². The average Bonchev–Trinajstić information content (AvgIpc) is 2.62. The molecule has 0 saturated heterocycles. The minimum absolute atomic E-state index is 0.0650. The number of hydrazone groups is 1. The Hall–Kier alpha value is -3.48. The summed E-state index contributed by atoms with van der Waals surface area (Å²) in [5, 5.41) is 18.4. The number of benzene rings is 2. The Morgan fingerprint density at radius 1 is 0.958 bits per heavy atom. The quantitative estimate of drug-likeness (QED) is 0.446. The molecule has 0 aliphatic heterocycles. The second-order valence-corrected chi connectivity index (χ2v) is 4.77. The highest BCUT2D eigenvalue weighted by molar-refractivity contribution is 6.68. The normalized spacial score (nSPS) is 11.7. The number of hydrogen-bond acceptors (Lipinski definition) is 5. The Balaban J connectivity index is 2.04. The van der Waals surface area contributed by atoms with Gasteiger partial charge < -0.3 is 10.5 Å². The maximum Gasteiger partial charge on any atom is 0.279 e. The second-order valence-electron chi connectivity index (χ2n) is 4.77. The lowest BCUT2D eigenvalue weighted by Crippen LogP contribution is -2.31. The summed E-state index contributed by atoms with van der Waals surface area (Å²) in [5.74, 6) is -1.07. The van der Waals surface area contributed by atoms with E-state index in [1.54, 1.807) is 54.6 Å². The van der Waals surface area contributed by atoms with Gasteiger partial charge in [0, 0.05) is 11.3 Å². The molecule has 2 rings (SSSR count). The van der Waals surface area contributed by atoms with Crippen LogP contribution in [0, 0.1) is 0 Å². The Labute approximate surface area is 138 Å². The Kier molecular flexibility index (Phi) is 5.79. The number of nitrogens with one attached hydrogen (secondary N) is 2. The fourth-order valence-corrected chi connectivity index (χ4v) is 1.84. The van der Waals surface area contributed by atoms with Crippen LogP contribution in [0.4, 0.5) is 5.69 Å². The first-order valence-corrected chi connectivity index (χ1v) is 7.10. The molecule has 0 radical (unpaired) electrons. The van der Waals surface area contributed by atoms with Gasteiger partial charge in [0.15, 0.2) is 5.71 Å². The van der Waals surface area contributed by atoms with E-state index in [2.05, 4.69) is 21.0 Å². The average molecular weight is 324 g/mol. The van der Waals surface area contributed by atoms with Crippen molar-refractivity contribution in [2.45, 2.75) is 6.92 Å². The summed E-state index contributed by atoms with van der Waals surface area (Å²) in [5.41, 5.74) is 3.04. The lowest BCUT2D eigenvalue weighted by Gasteiger charge is -2.06. The molecule has 0 spiro atoms. The van der Waals surface area contributed by atoms with Gasteiger partial charge in [0.25, 0.3) is 11.8 Å². The van der Waals surface area contributed by atoms with Gasteiger partial charge in [0.05, 0.1) is 5.71 Å². The zero-order valence-electron chi connectivity index (χ0n) is 12.9. The van der Waals surface area contributed by atoms with Gasteiger partial charge in [-0.25, -0.2) is 5.43 Å². The zero-order valence-corrected chi connectivity index (χ0v) is 12.9. The van der Waals surface area contributed by atoms with Crippen molar-refractivity contribution in [1.82, 2.24) is 5.43 Å². The van der Waals surface area contributed by atoms with Gasteiger partial charge in [-0.3, -0.25) is 9.59 Å². The third kappa shape index (κ3) is 4.51. The number of oxime groups is 1. The summed E-state index contributed by atoms with van der Waals surface area (Å²) in [4.78, 5) is 24.0. The van der Waals surface area contributed by atoms with Gasteiger partial charge in [-0.1, -0.05) is 41.6 Å². The molecule has 2 aromatic carbocycles. The van der Waals surface area contributed by atoms with E-state index in [9.17, 15) is 9.59 Å². The van der Waals surface area contributed by atoms with Crippen molar-refractivity contribution in [2.75, 3.05) is 5.32 Å². The van der Waals surface area contributed by atoms with Crippen molar-refractivity contribution in [3.05, 3.63) is 66.2 Å². The molecule has 0 saturated carbocycles. The van der Waals surface area contributed by atoms with Crippen LogP contribution in [-0.2, 0) is 4.79 Å². The van der Waals surface area contributed by atoms with Crippen LogP contribution in [0.3, 0.4) is 0 Å². The van der Waals surface area contributed by atoms with E-state index in [0.29, 0.717) is 11.3 Å². The number of carbonyl (C=O) groups is 2. The van der Waals surface area contributed by atoms with Crippen molar-refractivity contribution in [1.29, 1.82) is 0 Å². The summed E-state index contributed by atoms with van der Waals surface area (Å²) in [7, 11) is 0. The number of rotatable bonds is 5. The summed E-state index contributed by atoms with van der Waals surface area (Å²) in [6, 6.07) is 17.2. The lowest BCUT2D eigenvalue weighted by atomic mass is 10.2. The predicted octanol–water partition coefficient (Wildman–Crippen LogP) is 2.26. The standard InChI is InChI=1S/C17H16N4O3/c1-12(19-20-16(22)13-8-4-2-5-9-13)15(21-24)17(23)18-14-10-6-3-7-11-14/h2-11,24H,1H3,(H,18,23)(H,20,22). The SMILES string of the molecule is CC(=NNC(=O)c1ccccc1)C(=NO)C(=O)Nc1ccccc1. The summed E-state index contributed by atoms with van der Waals surface area (Å²) >= 11 is 0. The molecule has 122 valence electrons. The molecule has 3 N–H and O–H groups in total. The number of nitrogens with zero attached hydrogens (tertiary/aromatic N) is 2. The third-order valence-corrected chi connectivity index (χ3v) is 3.05. The van der Waals surface area contributed by atoms with Crippen LogP contribution < -0.4 is 10.7 Å². The molecule has 0 aliphatic rings. The number of hydrogen-bond donors (Lipinski definition) is 3. The van der Waals surface area contributed by atoms with Crippen molar-refractivity contribution >= 4 is 28.9 Å². The van der Waals surface area contributed by atoms with Gasteiger partial charge in [-0.05, 0) is 31.2 Å². The van der Waals surface area contributed by atoms with Gasteiger partial charge in [-0.2, -0.15) is 5.10 Å². The van der Waals surface area contributed by atoms with Gasteiger partial charge in [-0.15, -0.1) is 0 Å². The molecule has 0 atom stereocenters. The molecule has 0 bridgehead atoms. The fraction of sp³-hybridized carbons (Fsp3) is 0.0588.